The summed E-state index contributed by atoms with van der Waals surface area (Å²) in [6.45, 7) is 9.46. The number of nitrogens with zero attached hydrogens (tertiary/aromatic N) is 3. The summed E-state index contributed by atoms with van der Waals surface area (Å²) in [6.07, 6.45) is 2.43. The van der Waals surface area contributed by atoms with Crippen LogP contribution in [-0.2, 0) is 16.1 Å². The second-order valence-electron chi connectivity index (χ2n) is 7.73. The number of rotatable bonds is 5. The van der Waals surface area contributed by atoms with Crippen molar-refractivity contribution in [2.45, 2.75) is 64.4 Å². The van der Waals surface area contributed by atoms with Gasteiger partial charge in [0.25, 0.3) is 0 Å². The third-order valence-electron chi connectivity index (χ3n) is 5.78. The molecule has 4 rings (SSSR count). The third-order valence-corrected chi connectivity index (χ3v) is 8.04. The quantitative estimate of drug-likeness (QED) is 0.796. The molecule has 0 aliphatic carbocycles. The zero-order valence-electron chi connectivity index (χ0n) is 16.7. The molecule has 2 unspecified atom stereocenters. The number of aromatic nitrogens is 2. The molecule has 0 radical (unpaired) electrons. The Labute approximate surface area is 173 Å². The zero-order chi connectivity index (χ0) is 20.1. The normalized spacial score (nSPS) is 24.1. The van der Waals surface area contributed by atoms with E-state index in [0.717, 1.165) is 30.6 Å². The van der Waals surface area contributed by atoms with Gasteiger partial charge in [-0.25, -0.2) is 4.98 Å². The first kappa shape index (κ1) is 19.5. The Morgan fingerprint density at radius 1 is 1.43 bits per heavy atom. The van der Waals surface area contributed by atoms with Crippen LogP contribution < -0.4 is 5.32 Å². The Hall–Kier alpha value is -1.80. The van der Waals surface area contributed by atoms with Crippen LogP contribution >= 0.6 is 23.1 Å². The van der Waals surface area contributed by atoms with Crippen LogP contribution in [0, 0.1) is 13.8 Å². The van der Waals surface area contributed by atoms with Crippen molar-refractivity contribution >= 4 is 40.0 Å². The third kappa shape index (κ3) is 3.16. The van der Waals surface area contributed by atoms with Gasteiger partial charge in [0.15, 0.2) is 5.13 Å². The van der Waals surface area contributed by atoms with Crippen LogP contribution in [0.1, 0.15) is 44.5 Å². The van der Waals surface area contributed by atoms with Gasteiger partial charge in [0.1, 0.15) is 6.04 Å². The van der Waals surface area contributed by atoms with Crippen LogP contribution in [0.25, 0.3) is 11.3 Å². The van der Waals surface area contributed by atoms with Crippen molar-refractivity contribution in [2.75, 3.05) is 11.1 Å². The molecule has 2 fully saturated rings. The first-order valence-electron chi connectivity index (χ1n) is 9.73. The van der Waals surface area contributed by atoms with E-state index in [4.69, 9.17) is 0 Å². The summed E-state index contributed by atoms with van der Waals surface area (Å²) < 4.78 is 2.31. The van der Waals surface area contributed by atoms with Crippen LogP contribution in [-0.4, -0.2) is 42.9 Å². The van der Waals surface area contributed by atoms with E-state index in [-0.39, 0.29) is 16.7 Å². The summed E-state index contributed by atoms with van der Waals surface area (Å²) in [5.41, 5.74) is 4.43. The van der Waals surface area contributed by atoms with Gasteiger partial charge in [0, 0.05) is 41.0 Å². The number of hydrogen-bond donors (Lipinski definition) is 1. The van der Waals surface area contributed by atoms with Crippen LogP contribution in [0.4, 0.5) is 5.13 Å². The van der Waals surface area contributed by atoms with Crippen molar-refractivity contribution in [2.24, 2.45) is 0 Å². The molecule has 0 spiro atoms. The van der Waals surface area contributed by atoms with Crippen molar-refractivity contribution < 1.29 is 9.59 Å². The van der Waals surface area contributed by atoms with Crippen LogP contribution in [0.5, 0.6) is 0 Å². The summed E-state index contributed by atoms with van der Waals surface area (Å²) >= 11 is 3.13. The lowest BCUT2D eigenvalue weighted by Gasteiger charge is -2.29. The Balaban J connectivity index is 1.51. The fourth-order valence-corrected chi connectivity index (χ4v) is 6.43. The average molecular weight is 419 g/mol. The first-order valence-corrected chi connectivity index (χ1v) is 11.6. The Bertz CT molecular complexity index is 935. The molecule has 2 atom stereocenters. The highest BCUT2D eigenvalue weighted by atomic mass is 32.2. The predicted molar refractivity (Wildman–Crippen MR) is 115 cm³/mol. The lowest BCUT2D eigenvalue weighted by molar-refractivity contribution is -0.135. The van der Waals surface area contributed by atoms with E-state index >= 15 is 0 Å². The van der Waals surface area contributed by atoms with Crippen LogP contribution in [0.2, 0.25) is 0 Å². The van der Waals surface area contributed by atoms with Gasteiger partial charge in [-0.3, -0.25) is 9.59 Å². The summed E-state index contributed by atoms with van der Waals surface area (Å²) in [5, 5.41) is 5.52. The standard InChI is InChI=1S/C20H26N4O2S2/c1-5-8-23-12(2)9-14(13(23)3)15-10-27-19(21-15)22-18(26)16-11-28-20(4)7-6-17(25)24(16)20/h9-10,16H,5-8,11H2,1-4H3,(H,21,22,26). The Morgan fingerprint density at radius 3 is 2.96 bits per heavy atom. The van der Waals surface area contributed by atoms with Gasteiger partial charge in [0.2, 0.25) is 11.8 Å². The molecule has 150 valence electrons. The number of aryl methyl sites for hydroxylation is 1. The number of nitrogens with one attached hydrogen (secondary N) is 1. The summed E-state index contributed by atoms with van der Waals surface area (Å²) in [4.78, 5) is 31.3. The van der Waals surface area contributed by atoms with E-state index in [0.29, 0.717) is 17.3 Å². The molecule has 0 bridgehead atoms. The number of hydrogen-bond acceptors (Lipinski definition) is 5. The second-order valence-corrected chi connectivity index (χ2v) is 10.1. The van der Waals surface area contributed by atoms with E-state index in [1.54, 1.807) is 16.7 Å². The van der Waals surface area contributed by atoms with Gasteiger partial charge in [-0.05, 0) is 39.7 Å². The molecular weight excluding hydrogens is 392 g/mol. The fourth-order valence-electron chi connectivity index (χ4n) is 4.29. The molecule has 1 N–H and O–H groups in total. The van der Waals surface area contributed by atoms with E-state index in [2.05, 4.69) is 48.6 Å². The Morgan fingerprint density at radius 2 is 2.21 bits per heavy atom. The second kappa shape index (κ2) is 7.22. The molecule has 28 heavy (non-hydrogen) atoms. The van der Waals surface area contributed by atoms with Crippen molar-refractivity contribution in [3.05, 3.63) is 22.8 Å². The molecule has 2 amide bonds. The maximum absolute atomic E-state index is 12.8. The first-order chi connectivity index (χ1) is 13.3. The lowest BCUT2D eigenvalue weighted by Crippen LogP contribution is -2.48. The highest BCUT2D eigenvalue weighted by molar-refractivity contribution is 8.01. The average Bonchev–Trinajstić information content (AvgIpc) is 3.37. The molecular formula is C20H26N4O2S2. The van der Waals surface area contributed by atoms with Gasteiger partial charge in [-0.1, -0.05) is 6.92 Å². The van der Waals surface area contributed by atoms with Crippen LogP contribution in [0.3, 0.4) is 0 Å². The van der Waals surface area contributed by atoms with E-state index in [1.165, 1.54) is 22.7 Å². The van der Waals surface area contributed by atoms with E-state index in [1.807, 2.05) is 5.38 Å². The molecule has 2 aliphatic heterocycles. The van der Waals surface area contributed by atoms with Crippen molar-refractivity contribution in [1.82, 2.24) is 14.5 Å². The molecule has 8 heteroatoms. The molecule has 2 aromatic rings. The summed E-state index contributed by atoms with van der Waals surface area (Å²) in [7, 11) is 0. The smallest absolute Gasteiger partial charge is 0.249 e. The highest BCUT2D eigenvalue weighted by Gasteiger charge is 2.52. The largest absolute Gasteiger partial charge is 0.348 e. The number of carbonyl (C=O) groups excluding carboxylic acids is 2. The number of amides is 2. The lowest BCUT2D eigenvalue weighted by atomic mass is 10.2. The number of thiazole rings is 1. The number of thioether (sulfide) groups is 1. The minimum Gasteiger partial charge on any atom is -0.348 e. The maximum Gasteiger partial charge on any atom is 0.249 e. The van der Waals surface area contributed by atoms with Crippen molar-refractivity contribution in [1.29, 1.82) is 0 Å². The van der Waals surface area contributed by atoms with Crippen molar-refractivity contribution in [3.63, 3.8) is 0 Å². The van der Waals surface area contributed by atoms with Gasteiger partial charge < -0.3 is 14.8 Å². The molecule has 2 aromatic heterocycles. The number of carbonyl (C=O) groups is 2. The van der Waals surface area contributed by atoms with Gasteiger partial charge in [-0.15, -0.1) is 23.1 Å². The predicted octanol–water partition coefficient (Wildman–Crippen LogP) is 4.03. The zero-order valence-corrected chi connectivity index (χ0v) is 18.4. The van der Waals surface area contributed by atoms with Crippen LogP contribution in [0.15, 0.2) is 11.4 Å². The number of fused-ring (bicyclic) bond motifs is 1. The SMILES string of the molecule is CCCn1c(C)cc(-c2csc(NC(=O)C3CSC4(C)CCC(=O)N34)n2)c1C. The molecule has 6 nitrogen and oxygen atoms in total. The molecule has 0 saturated carbocycles. The number of anilines is 1. The molecule has 2 saturated heterocycles. The summed E-state index contributed by atoms with van der Waals surface area (Å²) in [6, 6.07) is 1.75. The molecule has 0 aromatic carbocycles. The van der Waals surface area contributed by atoms with Gasteiger partial charge >= 0.3 is 0 Å². The summed E-state index contributed by atoms with van der Waals surface area (Å²) in [5.74, 6) is 0.587. The van der Waals surface area contributed by atoms with Gasteiger partial charge in [-0.2, -0.15) is 0 Å². The molecule has 2 aliphatic rings. The fraction of sp³-hybridized carbons (Fsp3) is 0.550. The monoisotopic (exact) mass is 418 g/mol. The minimum atomic E-state index is -0.410. The van der Waals surface area contributed by atoms with Crippen molar-refractivity contribution in [3.8, 4) is 11.3 Å². The van der Waals surface area contributed by atoms with E-state index < -0.39 is 6.04 Å². The van der Waals surface area contributed by atoms with Gasteiger partial charge in [0.05, 0.1) is 10.6 Å². The highest BCUT2D eigenvalue weighted by Crippen LogP contribution is 2.47. The topological polar surface area (TPSA) is 67.2 Å². The maximum atomic E-state index is 12.8. The molecule has 4 heterocycles. The minimum absolute atomic E-state index is 0.0795. The van der Waals surface area contributed by atoms with E-state index in [9.17, 15) is 9.59 Å². The Kier molecular flexibility index (Phi) is 5.03.